The number of nitrogens with zero attached hydrogens (tertiary/aromatic N) is 2. The number of benzene rings is 3. The molecule has 0 fully saturated rings. The summed E-state index contributed by atoms with van der Waals surface area (Å²) in [7, 11) is 0. The summed E-state index contributed by atoms with van der Waals surface area (Å²) in [4.78, 5) is 51.1. The SMILES string of the molecule is O=C(NNC(=O)C(c1ccc(Cl)cc1)c1ccc(-n2ncc(=O)[nH]c2=O)cc1Cl)c1ccccc1. The van der Waals surface area contributed by atoms with Crippen LogP contribution in [0.25, 0.3) is 5.69 Å². The molecular formula is C24H17Cl2N5O4. The highest BCUT2D eigenvalue weighted by Gasteiger charge is 2.26. The van der Waals surface area contributed by atoms with Crippen LogP contribution in [0.2, 0.25) is 10.0 Å². The van der Waals surface area contributed by atoms with Crippen molar-refractivity contribution in [3.63, 3.8) is 0 Å². The molecule has 3 N–H and O–H groups in total. The number of hydrogen-bond donors (Lipinski definition) is 3. The van der Waals surface area contributed by atoms with Gasteiger partial charge in [-0.2, -0.15) is 9.78 Å². The van der Waals surface area contributed by atoms with Crippen molar-refractivity contribution in [3.8, 4) is 5.69 Å². The van der Waals surface area contributed by atoms with E-state index in [-0.39, 0.29) is 10.7 Å². The van der Waals surface area contributed by atoms with Crippen LogP contribution in [-0.2, 0) is 4.79 Å². The first-order valence-electron chi connectivity index (χ1n) is 10.2. The summed E-state index contributed by atoms with van der Waals surface area (Å²) in [6, 6.07) is 19.6. The first-order chi connectivity index (χ1) is 16.8. The second-order valence-electron chi connectivity index (χ2n) is 7.35. The Bertz CT molecular complexity index is 1500. The molecule has 0 aliphatic carbocycles. The van der Waals surface area contributed by atoms with Crippen LogP contribution >= 0.6 is 23.2 Å². The van der Waals surface area contributed by atoms with E-state index in [9.17, 15) is 19.2 Å². The van der Waals surface area contributed by atoms with Crippen molar-refractivity contribution in [2.24, 2.45) is 0 Å². The standard InChI is InChI=1S/C24H17Cl2N5O4/c25-16-8-6-14(7-9-16)21(23(34)30-29-22(33)15-4-2-1-3-5-15)18-11-10-17(12-19(18)26)31-24(35)28-20(32)13-27-31/h1-13,21H,(H,29,33)(H,30,34)(H,28,32,35). The monoisotopic (exact) mass is 509 g/mol. The van der Waals surface area contributed by atoms with E-state index in [1.54, 1.807) is 60.7 Å². The van der Waals surface area contributed by atoms with Gasteiger partial charge < -0.3 is 0 Å². The topological polar surface area (TPSA) is 126 Å². The molecule has 9 nitrogen and oxygen atoms in total. The third-order valence-corrected chi connectivity index (χ3v) is 5.63. The Morgan fingerprint density at radius 1 is 0.914 bits per heavy atom. The molecule has 0 saturated carbocycles. The minimum absolute atomic E-state index is 0.159. The molecular weight excluding hydrogens is 493 g/mol. The molecule has 0 saturated heterocycles. The van der Waals surface area contributed by atoms with Crippen molar-refractivity contribution < 1.29 is 9.59 Å². The molecule has 0 bridgehead atoms. The normalized spacial score (nSPS) is 11.5. The number of aromatic nitrogens is 3. The molecule has 176 valence electrons. The Labute approximate surface area is 208 Å². The van der Waals surface area contributed by atoms with Crippen molar-refractivity contribution >= 4 is 35.0 Å². The van der Waals surface area contributed by atoms with Gasteiger partial charge in [-0.15, -0.1) is 0 Å². The van der Waals surface area contributed by atoms with Crippen LogP contribution < -0.4 is 22.1 Å². The molecule has 0 aliphatic heterocycles. The van der Waals surface area contributed by atoms with Crippen LogP contribution in [0.5, 0.6) is 0 Å². The molecule has 0 spiro atoms. The van der Waals surface area contributed by atoms with Crippen molar-refractivity contribution in [2.75, 3.05) is 0 Å². The average molecular weight is 510 g/mol. The van der Waals surface area contributed by atoms with Crippen molar-refractivity contribution in [1.29, 1.82) is 0 Å². The number of carbonyl (C=O) groups excluding carboxylic acids is 2. The third-order valence-electron chi connectivity index (χ3n) is 5.05. The first-order valence-corrected chi connectivity index (χ1v) is 11.0. The molecule has 3 aromatic carbocycles. The molecule has 1 unspecified atom stereocenters. The third kappa shape index (κ3) is 5.48. The van der Waals surface area contributed by atoms with Gasteiger partial charge in [0, 0.05) is 15.6 Å². The lowest BCUT2D eigenvalue weighted by molar-refractivity contribution is -0.122. The number of carbonyl (C=O) groups is 2. The molecule has 0 aliphatic rings. The van der Waals surface area contributed by atoms with Gasteiger partial charge in [0.15, 0.2) is 0 Å². The van der Waals surface area contributed by atoms with Crippen molar-refractivity contribution in [2.45, 2.75) is 5.92 Å². The summed E-state index contributed by atoms with van der Waals surface area (Å²) >= 11 is 12.5. The summed E-state index contributed by atoms with van der Waals surface area (Å²) in [5, 5.41) is 4.45. The number of hydrazine groups is 1. The minimum Gasteiger partial charge on any atom is -0.272 e. The van der Waals surface area contributed by atoms with Gasteiger partial charge in [-0.25, -0.2) is 4.79 Å². The number of H-pyrrole nitrogens is 1. The number of aromatic amines is 1. The average Bonchev–Trinajstić information content (AvgIpc) is 2.85. The molecule has 1 atom stereocenters. The van der Waals surface area contributed by atoms with Crippen LogP contribution in [0.1, 0.15) is 27.4 Å². The number of halogens is 2. The summed E-state index contributed by atoms with van der Waals surface area (Å²) in [6.07, 6.45) is 0.961. The quantitative estimate of drug-likeness (QED) is 0.356. The summed E-state index contributed by atoms with van der Waals surface area (Å²) < 4.78 is 0.967. The summed E-state index contributed by atoms with van der Waals surface area (Å²) in [5.41, 5.74) is 5.10. The Morgan fingerprint density at radius 2 is 1.63 bits per heavy atom. The van der Waals surface area contributed by atoms with Crippen LogP contribution in [0.15, 0.2) is 88.6 Å². The van der Waals surface area contributed by atoms with Gasteiger partial charge in [0.05, 0.1) is 11.6 Å². The zero-order valence-corrected chi connectivity index (χ0v) is 19.4. The smallest absolute Gasteiger partial charge is 0.272 e. The zero-order chi connectivity index (χ0) is 24.9. The van der Waals surface area contributed by atoms with E-state index in [0.717, 1.165) is 10.9 Å². The van der Waals surface area contributed by atoms with E-state index >= 15 is 0 Å². The maximum atomic E-state index is 13.2. The van der Waals surface area contributed by atoms with Gasteiger partial charge in [0.2, 0.25) is 5.91 Å². The van der Waals surface area contributed by atoms with Gasteiger partial charge in [-0.3, -0.25) is 30.2 Å². The predicted molar refractivity (Wildman–Crippen MR) is 131 cm³/mol. The van der Waals surface area contributed by atoms with Crippen molar-refractivity contribution in [1.82, 2.24) is 25.6 Å². The molecule has 1 aromatic heterocycles. The van der Waals surface area contributed by atoms with E-state index in [2.05, 4.69) is 20.9 Å². The lowest BCUT2D eigenvalue weighted by Crippen LogP contribution is -2.44. The summed E-state index contributed by atoms with van der Waals surface area (Å²) in [6.45, 7) is 0. The fourth-order valence-electron chi connectivity index (χ4n) is 3.40. The van der Waals surface area contributed by atoms with Gasteiger partial charge in [-0.1, -0.05) is 59.6 Å². The van der Waals surface area contributed by atoms with Crippen LogP contribution in [0.3, 0.4) is 0 Å². The fourth-order valence-corrected chi connectivity index (χ4v) is 3.81. The number of rotatable bonds is 5. The highest BCUT2D eigenvalue weighted by atomic mass is 35.5. The second-order valence-corrected chi connectivity index (χ2v) is 8.19. The molecule has 2 amide bonds. The Hall–Kier alpha value is -4.21. The van der Waals surface area contributed by atoms with Gasteiger partial charge in [0.1, 0.15) is 6.20 Å². The second kappa shape index (κ2) is 10.4. The Balaban J connectivity index is 1.66. The van der Waals surface area contributed by atoms with E-state index in [0.29, 0.717) is 21.7 Å². The van der Waals surface area contributed by atoms with Crippen molar-refractivity contribution in [3.05, 3.63) is 127 Å². The van der Waals surface area contributed by atoms with Gasteiger partial charge in [-0.05, 0) is 47.5 Å². The minimum atomic E-state index is -0.926. The zero-order valence-electron chi connectivity index (χ0n) is 17.9. The largest absolute Gasteiger partial charge is 0.349 e. The number of nitrogens with one attached hydrogen (secondary N) is 3. The molecule has 0 radical (unpaired) electrons. The van der Waals surface area contributed by atoms with E-state index in [4.69, 9.17) is 23.2 Å². The maximum absolute atomic E-state index is 13.2. The van der Waals surface area contributed by atoms with Crippen LogP contribution in [0.4, 0.5) is 0 Å². The van der Waals surface area contributed by atoms with E-state index in [1.165, 1.54) is 12.1 Å². The molecule has 1 heterocycles. The molecule has 11 heteroatoms. The van der Waals surface area contributed by atoms with E-state index < -0.39 is 29.0 Å². The lowest BCUT2D eigenvalue weighted by Gasteiger charge is -2.20. The molecule has 35 heavy (non-hydrogen) atoms. The maximum Gasteiger partial charge on any atom is 0.349 e. The molecule has 4 rings (SSSR count). The Kier molecular flexibility index (Phi) is 7.09. The number of hydrogen-bond acceptors (Lipinski definition) is 5. The number of amides is 2. The van der Waals surface area contributed by atoms with Gasteiger partial charge in [0.25, 0.3) is 11.5 Å². The van der Waals surface area contributed by atoms with E-state index in [1.807, 2.05) is 0 Å². The lowest BCUT2D eigenvalue weighted by atomic mass is 9.90. The fraction of sp³-hybridized carbons (Fsp3) is 0.0417. The van der Waals surface area contributed by atoms with Crippen LogP contribution in [0, 0.1) is 0 Å². The molecule has 4 aromatic rings. The predicted octanol–water partition coefficient (Wildman–Crippen LogP) is 2.82. The van der Waals surface area contributed by atoms with Gasteiger partial charge >= 0.3 is 5.69 Å². The summed E-state index contributed by atoms with van der Waals surface area (Å²) in [5.74, 6) is -1.96. The Morgan fingerprint density at radius 3 is 2.29 bits per heavy atom. The highest BCUT2D eigenvalue weighted by Crippen LogP contribution is 2.32. The van der Waals surface area contributed by atoms with Crippen LogP contribution in [-0.4, -0.2) is 26.6 Å². The first kappa shape index (κ1) is 23.9. The highest BCUT2D eigenvalue weighted by molar-refractivity contribution is 6.32.